The Hall–Kier alpha value is -1.81. The van der Waals surface area contributed by atoms with Crippen molar-refractivity contribution in [1.29, 1.82) is 0 Å². The van der Waals surface area contributed by atoms with Crippen LogP contribution in [0, 0.1) is 0 Å². The number of benzene rings is 1. The van der Waals surface area contributed by atoms with Crippen LogP contribution >= 0.6 is 0 Å². The SMILES string of the molecule is CCn1cc(C(C)NC2COc3ccccc32)cn1. The predicted octanol–water partition coefficient (Wildman–Crippen LogP) is 2.69. The highest BCUT2D eigenvalue weighted by Crippen LogP contribution is 2.33. The van der Waals surface area contributed by atoms with Crippen LogP contribution in [-0.4, -0.2) is 16.4 Å². The van der Waals surface area contributed by atoms with Crippen molar-refractivity contribution in [2.75, 3.05) is 6.61 Å². The summed E-state index contributed by atoms with van der Waals surface area (Å²) in [5.41, 5.74) is 2.46. The Morgan fingerprint density at radius 1 is 1.47 bits per heavy atom. The van der Waals surface area contributed by atoms with Gasteiger partial charge in [-0.2, -0.15) is 5.10 Å². The lowest BCUT2D eigenvalue weighted by Crippen LogP contribution is -2.25. The summed E-state index contributed by atoms with van der Waals surface area (Å²) in [6, 6.07) is 8.74. The van der Waals surface area contributed by atoms with Crippen molar-refractivity contribution in [3.8, 4) is 5.75 Å². The number of hydrogen-bond donors (Lipinski definition) is 1. The number of rotatable bonds is 4. The quantitative estimate of drug-likeness (QED) is 0.915. The second kappa shape index (κ2) is 5.05. The highest BCUT2D eigenvalue weighted by Gasteiger charge is 2.25. The zero-order valence-electron chi connectivity index (χ0n) is 11.3. The van der Waals surface area contributed by atoms with Crippen molar-refractivity contribution in [2.45, 2.75) is 32.5 Å². The van der Waals surface area contributed by atoms with Crippen LogP contribution in [0.1, 0.15) is 37.1 Å². The average molecular weight is 257 g/mol. The molecule has 0 radical (unpaired) electrons. The molecule has 0 fully saturated rings. The van der Waals surface area contributed by atoms with E-state index in [1.165, 1.54) is 11.1 Å². The molecular weight excluding hydrogens is 238 g/mol. The standard InChI is InChI=1S/C15H19N3O/c1-3-18-9-12(8-16-18)11(2)17-14-10-19-15-7-5-4-6-13(14)15/h4-9,11,14,17H,3,10H2,1-2H3. The molecule has 1 aromatic carbocycles. The van der Waals surface area contributed by atoms with Gasteiger partial charge >= 0.3 is 0 Å². The lowest BCUT2D eigenvalue weighted by molar-refractivity contribution is 0.301. The van der Waals surface area contributed by atoms with E-state index in [2.05, 4.69) is 42.6 Å². The molecule has 1 aliphatic heterocycles. The molecule has 1 aliphatic rings. The molecule has 19 heavy (non-hydrogen) atoms. The van der Waals surface area contributed by atoms with E-state index in [-0.39, 0.29) is 12.1 Å². The van der Waals surface area contributed by atoms with Gasteiger partial charge in [0.05, 0.1) is 12.2 Å². The molecule has 0 bridgehead atoms. The second-order valence-corrected chi connectivity index (χ2v) is 4.92. The Kier molecular flexibility index (Phi) is 3.25. The van der Waals surface area contributed by atoms with Crippen molar-refractivity contribution < 1.29 is 4.74 Å². The van der Waals surface area contributed by atoms with Crippen molar-refractivity contribution in [3.63, 3.8) is 0 Å². The van der Waals surface area contributed by atoms with Gasteiger partial charge in [0.2, 0.25) is 0 Å². The number of fused-ring (bicyclic) bond motifs is 1. The molecule has 2 atom stereocenters. The van der Waals surface area contributed by atoms with Crippen LogP contribution in [0.15, 0.2) is 36.7 Å². The Labute approximate surface area is 113 Å². The molecule has 4 heteroatoms. The minimum atomic E-state index is 0.260. The maximum atomic E-state index is 5.69. The van der Waals surface area contributed by atoms with Gasteiger partial charge < -0.3 is 10.1 Å². The van der Waals surface area contributed by atoms with Gasteiger partial charge in [0.25, 0.3) is 0 Å². The summed E-state index contributed by atoms with van der Waals surface area (Å²) in [5, 5.41) is 7.93. The predicted molar refractivity (Wildman–Crippen MR) is 74.1 cm³/mol. The highest BCUT2D eigenvalue weighted by atomic mass is 16.5. The number of aryl methyl sites for hydroxylation is 1. The maximum Gasteiger partial charge on any atom is 0.124 e. The lowest BCUT2D eigenvalue weighted by Gasteiger charge is -2.17. The zero-order valence-corrected chi connectivity index (χ0v) is 11.3. The number of nitrogens with one attached hydrogen (secondary N) is 1. The number of para-hydroxylation sites is 1. The molecule has 2 heterocycles. The van der Waals surface area contributed by atoms with Crippen molar-refractivity contribution in [2.24, 2.45) is 0 Å². The first-order valence-electron chi connectivity index (χ1n) is 6.78. The minimum absolute atomic E-state index is 0.260. The Morgan fingerprint density at radius 2 is 2.32 bits per heavy atom. The fourth-order valence-corrected chi connectivity index (χ4v) is 2.47. The van der Waals surface area contributed by atoms with Gasteiger partial charge in [0, 0.05) is 29.9 Å². The highest BCUT2D eigenvalue weighted by molar-refractivity contribution is 5.39. The van der Waals surface area contributed by atoms with E-state index in [0.717, 1.165) is 12.3 Å². The first kappa shape index (κ1) is 12.2. The number of nitrogens with zero attached hydrogens (tertiary/aromatic N) is 2. The third-order valence-corrected chi connectivity index (χ3v) is 3.63. The second-order valence-electron chi connectivity index (χ2n) is 4.92. The van der Waals surface area contributed by atoms with Crippen LogP contribution in [0.4, 0.5) is 0 Å². The van der Waals surface area contributed by atoms with Gasteiger partial charge in [0.1, 0.15) is 12.4 Å². The molecule has 0 spiro atoms. The van der Waals surface area contributed by atoms with E-state index in [9.17, 15) is 0 Å². The van der Waals surface area contributed by atoms with E-state index in [0.29, 0.717) is 6.61 Å². The molecule has 4 nitrogen and oxygen atoms in total. The molecule has 0 saturated heterocycles. The van der Waals surface area contributed by atoms with Crippen LogP contribution in [0.2, 0.25) is 0 Å². The molecule has 3 rings (SSSR count). The Bertz CT molecular complexity index is 564. The molecule has 0 amide bonds. The van der Waals surface area contributed by atoms with Gasteiger partial charge in [-0.1, -0.05) is 18.2 Å². The normalized spacial score (nSPS) is 18.9. The summed E-state index contributed by atoms with van der Waals surface area (Å²) in [6.07, 6.45) is 4.03. The Balaban J connectivity index is 1.72. The van der Waals surface area contributed by atoms with Crippen molar-refractivity contribution >= 4 is 0 Å². The van der Waals surface area contributed by atoms with Crippen LogP contribution in [-0.2, 0) is 6.54 Å². The molecule has 0 saturated carbocycles. The summed E-state index contributed by atoms with van der Waals surface area (Å²) in [7, 11) is 0. The van der Waals surface area contributed by atoms with Crippen LogP contribution in [0.25, 0.3) is 0 Å². The number of ether oxygens (including phenoxy) is 1. The molecule has 0 aliphatic carbocycles. The molecular formula is C15H19N3O. The maximum absolute atomic E-state index is 5.69. The van der Waals surface area contributed by atoms with E-state index in [4.69, 9.17) is 4.74 Å². The first-order valence-corrected chi connectivity index (χ1v) is 6.78. The van der Waals surface area contributed by atoms with E-state index >= 15 is 0 Å². The molecule has 100 valence electrons. The monoisotopic (exact) mass is 257 g/mol. The molecule has 1 aromatic heterocycles. The third kappa shape index (κ3) is 2.36. The smallest absolute Gasteiger partial charge is 0.124 e. The summed E-state index contributed by atoms with van der Waals surface area (Å²) in [5.74, 6) is 0.997. The fraction of sp³-hybridized carbons (Fsp3) is 0.400. The van der Waals surface area contributed by atoms with E-state index in [1.54, 1.807) is 0 Å². The number of aromatic nitrogens is 2. The first-order chi connectivity index (χ1) is 9.28. The number of hydrogen-bond acceptors (Lipinski definition) is 3. The van der Waals surface area contributed by atoms with Gasteiger partial charge in [-0.05, 0) is 19.9 Å². The van der Waals surface area contributed by atoms with Crippen LogP contribution < -0.4 is 10.1 Å². The average Bonchev–Trinajstić information content (AvgIpc) is 3.06. The lowest BCUT2D eigenvalue weighted by atomic mass is 10.1. The van der Waals surface area contributed by atoms with Gasteiger partial charge in [-0.15, -0.1) is 0 Å². The summed E-state index contributed by atoms with van der Waals surface area (Å²) < 4.78 is 7.64. The van der Waals surface area contributed by atoms with Crippen LogP contribution in [0.5, 0.6) is 5.75 Å². The van der Waals surface area contributed by atoms with Crippen molar-refractivity contribution in [3.05, 3.63) is 47.8 Å². The zero-order chi connectivity index (χ0) is 13.2. The van der Waals surface area contributed by atoms with Gasteiger partial charge in [0.15, 0.2) is 0 Å². The molecule has 1 N–H and O–H groups in total. The third-order valence-electron chi connectivity index (χ3n) is 3.63. The van der Waals surface area contributed by atoms with Gasteiger partial charge in [-0.25, -0.2) is 0 Å². The fourth-order valence-electron chi connectivity index (χ4n) is 2.47. The van der Waals surface area contributed by atoms with Crippen LogP contribution in [0.3, 0.4) is 0 Å². The Morgan fingerprint density at radius 3 is 3.11 bits per heavy atom. The largest absolute Gasteiger partial charge is 0.491 e. The topological polar surface area (TPSA) is 39.1 Å². The van der Waals surface area contributed by atoms with E-state index < -0.39 is 0 Å². The van der Waals surface area contributed by atoms with Crippen molar-refractivity contribution in [1.82, 2.24) is 15.1 Å². The van der Waals surface area contributed by atoms with Gasteiger partial charge in [-0.3, -0.25) is 4.68 Å². The summed E-state index contributed by atoms with van der Waals surface area (Å²) in [4.78, 5) is 0. The molecule has 2 aromatic rings. The summed E-state index contributed by atoms with van der Waals surface area (Å²) >= 11 is 0. The summed E-state index contributed by atoms with van der Waals surface area (Å²) in [6.45, 7) is 5.86. The van der Waals surface area contributed by atoms with E-state index in [1.807, 2.05) is 23.0 Å². The minimum Gasteiger partial charge on any atom is -0.491 e. The molecule has 2 unspecified atom stereocenters.